The number of hydrogen-bond acceptors (Lipinski definition) is 6. The predicted octanol–water partition coefficient (Wildman–Crippen LogP) is 5.55. The number of rotatable bonds is 7. The van der Waals surface area contributed by atoms with Gasteiger partial charge >= 0.3 is 5.97 Å². The van der Waals surface area contributed by atoms with Crippen LogP contribution >= 0.6 is 23.8 Å². The fraction of sp³-hybridized carbons (Fsp3) is 0.148. The molecule has 2 aromatic heterocycles. The van der Waals surface area contributed by atoms with Crippen LogP contribution in [0.4, 0.5) is 11.4 Å². The van der Waals surface area contributed by atoms with Gasteiger partial charge in [-0.2, -0.15) is 0 Å². The molecule has 3 N–H and O–H groups in total. The van der Waals surface area contributed by atoms with E-state index < -0.39 is 22.0 Å². The molecule has 1 aliphatic rings. The van der Waals surface area contributed by atoms with E-state index in [1.165, 1.54) is 18.2 Å². The molecule has 39 heavy (non-hydrogen) atoms. The van der Waals surface area contributed by atoms with Gasteiger partial charge in [0, 0.05) is 17.4 Å². The lowest BCUT2D eigenvalue weighted by molar-refractivity contribution is 0.0697. The lowest BCUT2D eigenvalue weighted by Gasteiger charge is -2.26. The fourth-order valence-corrected chi connectivity index (χ4v) is 5.72. The van der Waals surface area contributed by atoms with Gasteiger partial charge in [-0.05, 0) is 85.4 Å². The molecule has 1 fully saturated rings. The Balaban J connectivity index is 1.60. The zero-order valence-electron chi connectivity index (χ0n) is 20.8. The minimum Gasteiger partial charge on any atom is -0.478 e. The Bertz CT molecular complexity index is 1690. The molecule has 0 bridgehead atoms. The van der Waals surface area contributed by atoms with Crippen LogP contribution in [0.1, 0.15) is 39.5 Å². The Morgan fingerprint density at radius 1 is 1.15 bits per heavy atom. The summed E-state index contributed by atoms with van der Waals surface area (Å²) in [5.41, 5.74) is 3.16. The molecule has 200 valence electrons. The van der Waals surface area contributed by atoms with E-state index in [4.69, 9.17) is 28.2 Å². The quantitative estimate of drug-likeness (QED) is 0.240. The smallest absolute Gasteiger partial charge is 0.335 e. The zero-order valence-corrected chi connectivity index (χ0v) is 23.1. The number of thiocarbonyl (C=S) groups is 1. The maximum absolute atomic E-state index is 11.8. The number of carboxylic acid groups (broad SMARTS) is 1. The monoisotopic (exact) mass is 582 g/mol. The summed E-state index contributed by atoms with van der Waals surface area (Å²) in [6.07, 6.45) is 2.79. The number of anilines is 2. The maximum atomic E-state index is 11.8. The number of nitrogens with one attached hydrogen (secondary N) is 2. The lowest BCUT2D eigenvalue weighted by Crippen LogP contribution is -2.29. The van der Waals surface area contributed by atoms with E-state index in [-0.39, 0.29) is 11.6 Å². The molecule has 0 amide bonds. The average molecular weight is 583 g/mol. The number of benzene rings is 2. The summed E-state index contributed by atoms with van der Waals surface area (Å²) in [6.45, 7) is 1.80. The first-order valence-electron chi connectivity index (χ1n) is 11.7. The SMILES string of the molecule is Cc1cc(N2C(=S)N[C@H](c3ccccn3)[C@@H]2c2ccc(-c3cc(C(=O)O)ccc3Cl)o2)ccc1NS(C)(=O)=O. The van der Waals surface area contributed by atoms with Gasteiger partial charge in [0.25, 0.3) is 0 Å². The van der Waals surface area contributed by atoms with Gasteiger partial charge in [-0.25, -0.2) is 13.2 Å². The summed E-state index contributed by atoms with van der Waals surface area (Å²) in [5.74, 6) is -0.129. The molecule has 0 saturated carbocycles. The Labute approximate surface area is 235 Å². The Kier molecular flexibility index (Phi) is 7.06. The van der Waals surface area contributed by atoms with Crippen molar-refractivity contribution in [3.05, 3.63) is 101 Å². The normalized spacial score (nSPS) is 17.2. The first-order valence-corrected chi connectivity index (χ1v) is 14.4. The van der Waals surface area contributed by atoms with E-state index in [0.717, 1.165) is 17.6 Å². The Morgan fingerprint density at radius 2 is 1.95 bits per heavy atom. The average Bonchev–Trinajstić information content (AvgIpc) is 3.50. The highest BCUT2D eigenvalue weighted by Crippen LogP contribution is 2.44. The number of pyridine rings is 1. The second kappa shape index (κ2) is 10.3. The maximum Gasteiger partial charge on any atom is 0.335 e. The van der Waals surface area contributed by atoms with Gasteiger partial charge in [0.15, 0.2) is 5.11 Å². The second-order valence-electron chi connectivity index (χ2n) is 9.07. The van der Waals surface area contributed by atoms with Crippen molar-refractivity contribution in [2.75, 3.05) is 15.9 Å². The number of aromatic carboxylic acids is 1. The Hall–Kier alpha value is -3.93. The third-order valence-corrected chi connectivity index (χ3v) is 7.51. The van der Waals surface area contributed by atoms with Crippen LogP contribution in [0.2, 0.25) is 5.02 Å². The van der Waals surface area contributed by atoms with Gasteiger partial charge in [-0.1, -0.05) is 17.7 Å². The summed E-state index contributed by atoms with van der Waals surface area (Å²) >= 11 is 12.2. The molecule has 9 nitrogen and oxygen atoms in total. The van der Waals surface area contributed by atoms with E-state index in [1.807, 2.05) is 29.2 Å². The molecule has 4 aromatic rings. The molecule has 12 heteroatoms. The summed E-state index contributed by atoms with van der Waals surface area (Å²) in [5, 5.41) is 13.6. The third kappa shape index (κ3) is 5.47. The summed E-state index contributed by atoms with van der Waals surface area (Å²) in [4.78, 5) is 17.9. The van der Waals surface area contributed by atoms with E-state index in [9.17, 15) is 18.3 Å². The highest BCUT2D eigenvalue weighted by Gasteiger charge is 2.42. The molecule has 0 radical (unpaired) electrons. The van der Waals surface area contributed by atoms with E-state index in [2.05, 4.69) is 15.0 Å². The largest absolute Gasteiger partial charge is 0.478 e. The number of hydrogen-bond donors (Lipinski definition) is 3. The van der Waals surface area contributed by atoms with Gasteiger partial charge in [-0.3, -0.25) is 9.71 Å². The summed E-state index contributed by atoms with van der Waals surface area (Å²) in [7, 11) is -3.45. The van der Waals surface area contributed by atoms with Gasteiger partial charge in [0.1, 0.15) is 17.6 Å². The number of furan rings is 1. The van der Waals surface area contributed by atoms with Gasteiger partial charge in [0.05, 0.1) is 34.3 Å². The highest BCUT2D eigenvalue weighted by atomic mass is 35.5. The van der Waals surface area contributed by atoms with Crippen LogP contribution in [0, 0.1) is 6.92 Å². The fourth-order valence-electron chi connectivity index (χ4n) is 4.54. The van der Waals surface area contributed by atoms with E-state index >= 15 is 0 Å². The van der Waals surface area contributed by atoms with Crippen molar-refractivity contribution in [1.29, 1.82) is 0 Å². The number of aryl methyl sites for hydroxylation is 1. The summed E-state index contributed by atoms with van der Waals surface area (Å²) < 4.78 is 32.4. The van der Waals surface area contributed by atoms with E-state index in [0.29, 0.717) is 38.5 Å². The number of halogens is 1. The first kappa shape index (κ1) is 26.7. The number of carboxylic acids is 1. The minimum atomic E-state index is -3.45. The van der Waals surface area contributed by atoms with Gasteiger partial charge in [-0.15, -0.1) is 0 Å². The molecular formula is C27H23ClN4O5S2. The van der Waals surface area contributed by atoms with Crippen molar-refractivity contribution in [3.63, 3.8) is 0 Å². The number of aromatic nitrogens is 1. The van der Waals surface area contributed by atoms with Crippen molar-refractivity contribution in [1.82, 2.24) is 10.3 Å². The van der Waals surface area contributed by atoms with Crippen LogP contribution in [0.3, 0.4) is 0 Å². The molecule has 0 aliphatic carbocycles. The Morgan fingerprint density at radius 3 is 2.62 bits per heavy atom. The van der Waals surface area contributed by atoms with Crippen molar-refractivity contribution in [2.45, 2.75) is 19.0 Å². The topological polar surface area (TPSA) is 125 Å². The standard InChI is InChI=1S/C27H23ClN4O5S2/c1-15-13-17(7-9-20(15)31-39(2,35)36)32-25(24(30-27(32)38)21-5-3-4-12-29-21)23-11-10-22(37-23)18-14-16(26(33)34)6-8-19(18)28/h3-14,24-25,31H,1-2H3,(H,30,38)(H,33,34)/t24-,25+/m1/s1. The lowest BCUT2D eigenvalue weighted by atomic mass is 10.0. The molecule has 2 atom stereocenters. The van der Waals surface area contributed by atoms with Gasteiger partial charge in [0.2, 0.25) is 10.0 Å². The zero-order chi connectivity index (χ0) is 27.9. The van der Waals surface area contributed by atoms with Crippen LogP contribution in [0.15, 0.2) is 77.3 Å². The number of nitrogens with zero attached hydrogens (tertiary/aromatic N) is 2. The molecule has 1 saturated heterocycles. The molecule has 2 aromatic carbocycles. The van der Waals surface area contributed by atoms with Crippen LogP contribution in [0.5, 0.6) is 0 Å². The number of sulfonamides is 1. The van der Waals surface area contributed by atoms with Crippen LogP contribution in [-0.2, 0) is 10.0 Å². The second-order valence-corrected chi connectivity index (χ2v) is 11.6. The summed E-state index contributed by atoms with van der Waals surface area (Å²) in [6, 6.07) is 18.0. The van der Waals surface area contributed by atoms with Crippen LogP contribution in [-0.4, -0.2) is 35.8 Å². The predicted molar refractivity (Wildman–Crippen MR) is 154 cm³/mol. The molecule has 0 unspecified atom stereocenters. The molecule has 5 rings (SSSR count). The minimum absolute atomic E-state index is 0.0855. The van der Waals surface area contributed by atoms with Gasteiger partial charge < -0.3 is 19.7 Å². The first-order chi connectivity index (χ1) is 18.5. The van der Waals surface area contributed by atoms with Crippen molar-refractivity contribution in [3.8, 4) is 11.3 Å². The van der Waals surface area contributed by atoms with Crippen LogP contribution in [0.25, 0.3) is 11.3 Å². The molecule has 0 spiro atoms. The van der Waals surface area contributed by atoms with E-state index in [1.54, 1.807) is 37.4 Å². The molecular weight excluding hydrogens is 560 g/mol. The highest BCUT2D eigenvalue weighted by molar-refractivity contribution is 7.92. The van der Waals surface area contributed by atoms with Crippen molar-refractivity contribution < 1.29 is 22.7 Å². The molecule has 3 heterocycles. The molecule has 1 aliphatic heterocycles. The third-order valence-electron chi connectivity index (χ3n) is 6.28. The van der Waals surface area contributed by atoms with Crippen molar-refractivity contribution >= 4 is 56.3 Å². The van der Waals surface area contributed by atoms with Crippen molar-refractivity contribution in [2.24, 2.45) is 0 Å². The number of carbonyl (C=O) groups is 1. The van der Waals surface area contributed by atoms with Crippen LogP contribution < -0.4 is 14.9 Å².